The lowest BCUT2D eigenvalue weighted by Crippen LogP contribution is -2.61. The Morgan fingerprint density at radius 3 is 2.50 bits per heavy atom. The van der Waals surface area contributed by atoms with Gasteiger partial charge in [0.1, 0.15) is 18.2 Å². The highest BCUT2D eigenvalue weighted by molar-refractivity contribution is 9.09. The van der Waals surface area contributed by atoms with E-state index >= 15 is 0 Å². The molecule has 1 saturated carbocycles. The van der Waals surface area contributed by atoms with Crippen molar-refractivity contribution in [2.75, 3.05) is 19.8 Å². The number of benzene rings is 1. The van der Waals surface area contributed by atoms with E-state index in [4.69, 9.17) is 9.47 Å². The highest BCUT2D eigenvalue weighted by Crippen LogP contribution is 2.61. The van der Waals surface area contributed by atoms with Crippen LogP contribution in [0.5, 0.6) is 0 Å². The van der Waals surface area contributed by atoms with Crippen molar-refractivity contribution in [3.63, 3.8) is 0 Å². The fraction of sp³-hybridized carbons (Fsp3) is 0.622. The number of fused-ring (bicyclic) bond motifs is 1. The van der Waals surface area contributed by atoms with Crippen LogP contribution in [0.25, 0.3) is 0 Å². The van der Waals surface area contributed by atoms with Gasteiger partial charge in [0.05, 0.1) is 36.6 Å². The second-order valence-electron chi connectivity index (χ2n) is 14.0. The predicted octanol–water partition coefficient (Wildman–Crippen LogP) is 4.47. The zero-order valence-corrected chi connectivity index (χ0v) is 29.7. The lowest BCUT2D eigenvalue weighted by molar-refractivity contribution is -0.154. The van der Waals surface area contributed by atoms with Gasteiger partial charge in [-0.3, -0.25) is 19.2 Å². The lowest BCUT2D eigenvalue weighted by atomic mass is 9.70. The molecule has 11 heteroatoms. The number of likely N-dealkylation sites (tertiary alicyclic amines) is 1. The summed E-state index contributed by atoms with van der Waals surface area (Å²) < 4.78 is 12.3. The van der Waals surface area contributed by atoms with Crippen molar-refractivity contribution in [1.82, 2.24) is 15.1 Å². The van der Waals surface area contributed by atoms with Crippen LogP contribution in [0, 0.1) is 17.8 Å². The Morgan fingerprint density at radius 1 is 1.17 bits per heavy atom. The van der Waals surface area contributed by atoms with Crippen molar-refractivity contribution < 1.29 is 33.8 Å². The highest BCUT2D eigenvalue weighted by atomic mass is 79.9. The summed E-state index contributed by atoms with van der Waals surface area (Å²) in [4.78, 5) is 59.5. The minimum atomic E-state index is -1.26. The first-order valence-corrected chi connectivity index (χ1v) is 18.3. The maximum atomic E-state index is 14.9. The molecule has 1 aromatic rings. The van der Waals surface area contributed by atoms with Crippen LogP contribution in [-0.2, 0) is 28.7 Å². The Kier molecular flexibility index (Phi) is 11.8. The van der Waals surface area contributed by atoms with E-state index in [9.17, 15) is 24.3 Å². The summed E-state index contributed by atoms with van der Waals surface area (Å²) in [5.41, 5.74) is -0.512. The van der Waals surface area contributed by atoms with E-state index in [0.717, 1.165) is 37.7 Å². The fourth-order valence-corrected chi connectivity index (χ4v) is 9.32. The van der Waals surface area contributed by atoms with Gasteiger partial charge >= 0.3 is 5.97 Å². The minimum Gasteiger partial charge on any atom is -0.463 e. The number of rotatable bonds is 15. The van der Waals surface area contributed by atoms with E-state index in [-0.39, 0.29) is 48.2 Å². The van der Waals surface area contributed by atoms with Crippen molar-refractivity contribution in [3.8, 4) is 0 Å². The molecule has 1 spiro atoms. The molecule has 3 amide bonds. The molecule has 262 valence electrons. The molecule has 1 aliphatic carbocycles. The number of nitrogens with zero attached hydrogens (tertiary/aromatic N) is 2. The Bertz CT molecular complexity index is 1350. The smallest absolute Gasteiger partial charge is 0.306 e. The van der Waals surface area contributed by atoms with Gasteiger partial charge in [-0.25, -0.2) is 0 Å². The summed E-state index contributed by atoms with van der Waals surface area (Å²) in [6.07, 6.45) is 8.66. The molecule has 4 fully saturated rings. The fourth-order valence-electron chi connectivity index (χ4n) is 8.37. The molecule has 48 heavy (non-hydrogen) atoms. The summed E-state index contributed by atoms with van der Waals surface area (Å²) in [5.74, 6) is -3.37. The molecule has 2 N–H and O–H groups in total. The molecule has 4 aliphatic rings. The zero-order valence-electron chi connectivity index (χ0n) is 28.1. The van der Waals surface area contributed by atoms with E-state index < -0.39 is 53.5 Å². The lowest BCUT2D eigenvalue weighted by Gasteiger charge is -2.43. The Hall–Kier alpha value is -3.02. The van der Waals surface area contributed by atoms with Crippen LogP contribution < -0.4 is 5.32 Å². The summed E-state index contributed by atoms with van der Waals surface area (Å²) in [6.45, 7) is 11.3. The van der Waals surface area contributed by atoms with Gasteiger partial charge in [0.25, 0.3) is 0 Å². The SMILES string of the molecule is C=CCCC(=O)OC[C@@H](NC(=O)[C@@H]1[C@H]2O[C@@]3(CC2Br)[C@H](C(=O)N(CC=C)C2CCCCC2)N([C@@H](CO)C(C)C)C(=O)[C@@H]13)c1ccccc1. The van der Waals surface area contributed by atoms with Crippen LogP contribution >= 0.6 is 15.9 Å². The average Bonchev–Trinajstić information content (AvgIpc) is 3.68. The second kappa shape index (κ2) is 15.7. The molecule has 3 heterocycles. The summed E-state index contributed by atoms with van der Waals surface area (Å²) in [6, 6.07) is 6.94. The predicted molar refractivity (Wildman–Crippen MR) is 185 cm³/mol. The van der Waals surface area contributed by atoms with E-state index in [2.05, 4.69) is 34.4 Å². The molecule has 3 aliphatic heterocycles. The van der Waals surface area contributed by atoms with Crippen molar-refractivity contribution >= 4 is 39.6 Å². The topological polar surface area (TPSA) is 125 Å². The maximum absolute atomic E-state index is 14.9. The number of carbonyl (C=O) groups excluding carboxylic acids is 4. The quantitative estimate of drug-likeness (QED) is 0.155. The molecule has 1 unspecified atom stereocenters. The Balaban J connectivity index is 1.49. The van der Waals surface area contributed by atoms with Crippen molar-refractivity contribution in [2.24, 2.45) is 17.8 Å². The molecule has 0 aromatic heterocycles. The number of amides is 3. The second-order valence-corrected chi connectivity index (χ2v) is 15.1. The van der Waals surface area contributed by atoms with Crippen LogP contribution in [0.2, 0.25) is 0 Å². The normalized spacial score (nSPS) is 29.3. The first-order chi connectivity index (χ1) is 23.1. The van der Waals surface area contributed by atoms with Crippen molar-refractivity contribution in [1.29, 1.82) is 0 Å². The maximum Gasteiger partial charge on any atom is 0.306 e. The van der Waals surface area contributed by atoms with E-state index in [1.807, 2.05) is 49.1 Å². The number of ether oxygens (including phenoxy) is 2. The number of nitrogens with one attached hydrogen (secondary N) is 1. The third-order valence-electron chi connectivity index (χ3n) is 10.7. The van der Waals surface area contributed by atoms with E-state index in [1.54, 1.807) is 17.1 Å². The minimum absolute atomic E-state index is 0.0153. The van der Waals surface area contributed by atoms with Crippen LogP contribution in [0.15, 0.2) is 55.6 Å². The number of aliphatic hydroxyl groups is 1. The summed E-state index contributed by atoms with van der Waals surface area (Å²) >= 11 is 3.76. The molecular formula is C37H50BrN3O7. The summed E-state index contributed by atoms with van der Waals surface area (Å²) in [5, 5.41) is 13.7. The molecular weight excluding hydrogens is 678 g/mol. The number of allylic oxidation sites excluding steroid dienone is 1. The van der Waals surface area contributed by atoms with Crippen LogP contribution in [0.1, 0.15) is 76.8 Å². The van der Waals surface area contributed by atoms with Gasteiger partial charge < -0.3 is 29.7 Å². The Morgan fingerprint density at radius 2 is 1.88 bits per heavy atom. The number of hydrogen-bond donors (Lipinski definition) is 2. The van der Waals surface area contributed by atoms with Gasteiger partial charge in [0.2, 0.25) is 17.7 Å². The molecule has 10 nitrogen and oxygen atoms in total. The number of alkyl halides is 1. The standard InChI is InChI=1S/C37H50BrN3O7/c1-5-7-18-29(43)47-22-27(24-14-10-8-11-15-24)39-34(44)30-31-35(45)41(28(21-42)23(3)4)33(37(31)20-26(38)32(30)48-37)36(46)40(19-6-2)25-16-12-9-13-17-25/h5-6,8,10-11,14-15,23,25-28,30-33,42H,1-2,7,9,12-13,16-22H2,3-4H3,(H,39,44)/t26?,27-,28+,30+,31-,32+,33+,37-/m1/s1. The number of halogens is 1. The molecule has 0 radical (unpaired) electrons. The zero-order chi connectivity index (χ0) is 34.6. The third-order valence-corrected chi connectivity index (χ3v) is 11.5. The van der Waals surface area contributed by atoms with Gasteiger partial charge in [-0.1, -0.05) is 91.5 Å². The van der Waals surface area contributed by atoms with Crippen LogP contribution in [0.4, 0.5) is 0 Å². The van der Waals surface area contributed by atoms with Gasteiger partial charge in [0, 0.05) is 23.8 Å². The van der Waals surface area contributed by atoms with E-state index in [0.29, 0.717) is 19.4 Å². The number of carbonyl (C=O) groups is 4. The van der Waals surface area contributed by atoms with Crippen molar-refractivity contribution in [2.45, 2.75) is 106 Å². The van der Waals surface area contributed by atoms with Crippen molar-refractivity contribution in [3.05, 3.63) is 61.2 Å². The number of esters is 1. The first kappa shape index (κ1) is 36.3. The third kappa shape index (κ3) is 6.87. The van der Waals surface area contributed by atoms with Crippen LogP contribution in [0.3, 0.4) is 0 Å². The molecule has 8 atom stereocenters. The first-order valence-electron chi connectivity index (χ1n) is 17.4. The Labute approximate surface area is 292 Å². The average molecular weight is 729 g/mol. The molecule has 2 bridgehead atoms. The highest BCUT2D eigenvalue weighted by Gasteiger charge is 2.77. The van der Waals surface area contributed by atoms with Gasteiger partial charge in [-0.2, -0.15) is 0 Å². The molecule has 1 aromatic carbocycles. The summed E-state index contributed by atoms with van der Waals surface area (Å²) in [7, 11) is 0. The van der Waals surface area contributed by atoms with Gasteiger partial charge in [0.15, 0.2) is 0 Å². The van der Waals surface area contributed by atoms with Gasteiger partial charge in [-0.05, 0) is 37.2 Å². The van der Waals surface area contributed by atoms with Gasteiger partial charge in [-0.15, -0.1) is 13.2 Å². The van der Waals surface area contributed by atoms with Crippen LogP contribution in [-0.4, -0.2) is 93.0 Å². The molecule has 5 rings (SSSR count). The number of aliphatic hydroxyl groups excluding tert-OH is 1. The number of hydrogen-bond acceptors (Lipinski definition) is 7. The molecule has 3 saturated heterocycles. The van der Waals surface area contributed by atoms with E-state index in [1.165, 1.54) is 0 Å². The monoisotopic (exact) mass is 727 g/mol. The largest absolute Gasteiger partial charge is 0.463 e.